The second kappa shape index (κ2) is 6.26. The fraction of sp³-hybridized carbons (Fsp3) is 0.462. The predicted molar refractivity (Wildman–Crippen MR) is 73.9 cm³/mol. The third-order valence-corrected chi connectivity index (χ3v) is 2.54. The molecule has 106 valence electrons. The molecule has 0 spiro atoms. The van der Waals surface area contributed by atoms with Crippen LogP contribution in [0.5, 0.6) is 5.75 Å². The summed E-state index contributed by atoms with van der Waals surface area (Å²) in [4.78, 5) is 13.1. The molecule has 0 heterocycles. The van der Waals surface area contributed by atoms with Gasteiger partial charge in [0.25, 0.3) is 0 Å². The summed E-state index contributed by atoms with van der Waals surface area (Å²) in [7, 11) is 3.09. The van der Waals surface area contributed by atoms with Crippen molar-refractivity contribution < 1.29 is 13.9 Å². The number of likely N-dealkylation sites (N-methyl/N-ethyl adjacent to an activating group) is 1. The van der Waals surface area contributed by atoms with E-state index in [1.54, 1.807) is 7.05 Å². The summed E-state index contributed by atoms with van der Waals surface area (Å²) in [5.74, 6) is -0.279. The number of methoxy groups -OCH3 is 1. The first-order chi connectivity index (χ1) is 8.85. The molecule has 0 fully saturated rings. The highest BCUT2D eigenvalue weighted by Gasteiger charge is 2.15. The number of nitrogens with zero attached hydrogens (tertiary/aromatic N) is 1. The first-order valence-corrected chi connectivity index (χ1v) is 5.98. The minimum Gasteiger partial charge on any atom is -0.495 e. The maximum Gasteiger partial charge on any atom is 0.239 e. The standard InChI is InChI=1S/C13H20FN3O2/c1-8(2)16-13(18)7-17(3)11-6-12(19-4)10(15)5-9(11)14/h5-6,8H,7,15H2,1-4H3,(H,16,18). The van der Waals surface area contributed by atoms with Crippen molar-refractivity contribution in [3.8, 4) is 5.75 Å². The number of nitrogen functional groups attached to an aromatic ring is 1. The molecule has 1 aromatic carbocycles. The van der Waals surface area contributed by atoms with Gasteiger partial charge in [0, 0.05) is 25.2 Å². The Morgan fingerprint density at radius 1 is 1.53 bits per heavy atom. The number of benzene rings is 1. The van der Waals surface area contributed by atoms with E-state index in [4.69, 9.17) is 10.5 Å². The average molecular weight is 269 g/mol. The Morgan fingerprint density at radius 3 is 2.68 bits per heavy atom. The number of carbonyl (C=O) groups is 1. The number of anilines is 2. The highest BCUT2D eigenvalue weighted by molar-refractivity contribution is 5.81. The van der Waals surface area contributed by atoms with Crippen LogP contribution in [0.15, 0.2) is 12.1 Å². The van der Waals surface area contributed by atoms with Crippen molar-refractivity contribution in [2.75, 3.05) is 31.3 Å². The molecule has 3 N–H and O–H groups in total. The largest absolute Gasteiger partial charge is 0.495 e. The number of hydrogen-bond donors (Lipinski definition) is 2. The van der Waals surface area contributed by atoms with Gasteiger partial charge in [-0.1, -0.05) is 0 Å². The molecule has 0 aliphatic heterocycles. The van der Waals surface area contributed by atoms with Gasteiger partial charge in [-0.25, -0.2) is 4.39 Å². The van der Waals surface area contributed by atoms with Crippen LogP contribution in [0.1, 0.15) is 13.8 Å². The number of rotatable bonds is 5. The van der Waals surface area contributed by atoms with Crippen molar-refractivity contribution in [1.82, 2.24) is 5.32 Å². The molecule has 0 saturated carbocycles. The maximum absolute atomic E-state index is 13.8. The van der Waals surface area contributed by atoms with Crippen LogP contribution >= 0.6 is 0 Å². The molecule has 0 saturated heterocycles. The maximum atomic E-state index is 13.8. The first kappa shape index (κ1) is 15.1. The van der Waals surface area contributed by atoms with E-state index in [9.17, 15) is 9.18 Å². The molecule has 0 aliphatic rings. The zero-order valence-corrected chi connectivity index (χ0v) is 11.7. The third-order valence-electron chi connectivity index (χ3n) is 2.54. The highest BCUT2D eigenvalue weighted by Crippen LogP contribution is 2.29. The van der Waals surface area contributed by atoms with Crippen molar-refractivity contribution in [2.45, 2.75) is 19.9 Å². The van der Waals surface area contributed by atoms with Crippen molar-refractivity contribution >= 4 is 17.3 Å². The molecular weight excluding hydrogens is 249 g/mol. The molecule has 0 aromatic heterocycles. The molecule has 0 aliphatic carbocycles. The van der Waals surface area contributed by atoms with E-state index in [0.717, 1.165) is 0 Å². The van der Waals surface area contributed by atoms with Crippen molar-refractivity contribution in [2.24, 2.45) is 0 Å². The van der Waals surface area contributed by atoms with Crippen molar-refractivity contribution in [3.63, 3.8) is 0 Å². The normalized spacial score (nSPS) is 10.4. The summed E-state index contributed by atoms with van der Waals surface area (Å²) in [6.07, 6.45) is 0. The topological polar surface area (TPSA) is 67.6 Å². The highest BCUT2D eigenvalue weighted by atomic mass is 19.1. The van der Waals surface area contributed by atoms with Gasteiger partial charge in [-0.3, -0.25) is 4.79 Å². The van der Waals surface area contributed by atoms with E-state index in [2.05, 4.69) is 5.32 Å². The number of amides is 1. The van der Waals surface area contributed by atoms with E-state index in [1.165, 1.54) is 24.1 Å². The van der Waals surface area contributed by atoms with Crippen molar-refractivity contribution in [1.29, 1.82) is 0 Å². The van der Waals surface area contributed by atoms with Crippen LogP contribution in [-0.2, 0) is 4.79 Å². The lowest BCUT2D eigenvalue weighted by atomic mass is 10.2. The lowest BCUT2D eigenvalue weighted by Crippen LogP contribution is -2.38. The number of ether oxygens (including phenoxy) is 1. The Bertz CT molecular complexity index is 463. The van der Waals surface area contributed by atoms with Crippen LogP contribution < -0.4 is 20.7 Å². The zero-order valence-electron chi connectivity index (χ0n) is 11.7. The first-order valence-electron chi connectivity index (χ1n) is 5.98. The zero-order chi connectivity index (χ0) is 14.6. The lowest BCUT2D eigenvalue weighted by Gasteiger charge is -2.21. The second-order valence-electron chi connectivity index (χ2n) is 4.62. The number of hydrogen-bond acceptors (Lipinski definition) is 4. The van der Waals surface area contributed by atoms with Gasteiger partial charge in [0.1, 0.15) is 11.6 Å². The molecule has 5 nitrogen and oxygen atoms in total. The molecule has 1 aromatic rings. The van der Waals surface area contributed by atoms with Gasteiger partial charge in [-0.2, -0.15) is 0 Å². The van der Waals surface area contributed by atoms with Crippen LogP contribution in [0.25, 0.3) is 0 Å². The number of halogens is 1. The van der Waals surface area contributed by atoms with Gasteiger partial charge in [-0.05, 0) is 13.8 Å². The van der Waals surface area contributed by atoms with Crippen LogP contribution in [0, 0.1) is 5.82 Å². The van der Waals surface area contributed by atoms with E-state index in [1.807, 2.05) is 13.8 Å². The smallest absolute Gasteiger partial charge is 0.239 e. The summed E-state index contributed by atoms with van der Waals surface area (Å²) in [6, 6.07) is 2.71. The van der Waals surface area contributed by atoms with Gasteiger partial charge in [0.05, 0.1) is 25.0 Å². The molecule has 19 heavy (non-hydrogen) atoms. The fourth-order valence-electron chi connectivity index (χ4n) is 1.70. The van der Waals surface area contributed by atoms with Crippen LogP contribution in [0.2, 0.25) is 0 Å². The summed E-state index contributed by atoms with van der Waals surface area (Å²) >= 11 is 0. The molecule has 0 atom stereocenters. The molecule has 0 radical (unpaired) electrons. The average Bonchev–Trinajstić information content (AvgIpc) is 2.27. The lowest BCUT2D eigenvalue weighted by molar-refractivity contribution is -0.120. The van der Waals surface area contributed by atoms with E-state index in [-0.39, 0.29) is 29.9 Å². The van der Waals surface area contributed by atoms with Gasteiger partial charge in [0.15, 0.2) is 0 Å². The summed E-state index contributed by atoms with van der Waals surface area (Å²) in [5.41, 5.74) is 6.10. The predicted octanol–water partition coefficient (Wildman–Crippen LogP) is 1.38. The van der Waals surface area contributed by atoms with Gasteiger partial charge in [-0.15, -0.1) is 0 Å². The minimum absolute atomic E-state index is 0.0479. The number of carbonyl (C=O) groups excluding carboxylic acids is 1. The Kier molecular flexibility index (Phi) is 4.97. The molecule has 0 bridgehead atoms. The van der Waals surface area contributed by atoms with Crippen LogP contribution in [0.3, 0.4) is 0 Å². The summed E-state index contributed by atoms with van der Waals surface area (Å²) in [6.45, 7) is 3.79. The van der Waals surface area contributed by atoms with E-state index < -0.39 is 5.82 Å². The molecule has 6 heteroatoms. The minimum atomic E-state index is -0.488. The molecule has 1 amide bonds. The number of nitrogens with one attached hydrogen (secondary N) is 1. The van der Waals surface area contributed by atoms with E-state index in [0.29, 0.717) is 5.75 Å². The quantitative estimate of drug-likeness (QED) is 0.792. The second-order valence-corrected chi connectivity index (χ2v) is 4.62. The molecule has 1 rings (SSSR count). The SMILES string of the molecule is COc1cc(N(C)CC(=O)NC(C)C)c(F)cc1N. The Morgan fingerprint density at radius 2 is 2.16 bits per heavy atom. The van der Waals surface area contributed by atoms with Gasteiger partial charge in [0.2, 0.25) is 5.91 Å². The Hall–Kier alpha value is -1.98. The third kappa shape index (κ3) is 4.01. The van der Waals surface area contributed by atoms with Gasteiger partial charge < -0.3 is 20.7 Å². The van der Waals surface area contributed by atoms with Crippen molar-refractivity contribution in [3.05, 3.63) is 17.9 Å². The summed E-state index contributed by atoms with van der Waals surface area (Å²) in [5, 5.41) is 2.74. The van der Waals surface area contributed by atoms with E-state index >= 15 is 0 Å². The Labute approximate surface area is 112 Å². The molecule has 0 unspecified atom stereocenters. The monoisotopic (exact) mass is 269 g/mol. The fourth-order valence-corrected chi connectivity index (χ4v) is 1.70. The Balaban J connectivity index is 2.87. The van der Waals surface area contributed by atoms with Gasteiger partial charge >= 0.3 is 0 Å². The summed E-state index contributed by atoms with van der Waals surface area (Å²) < 4.78 is 18.9. The molecular formula is C13H20FN3O2. The van der Waals surface area contributed by atoms with Crippen LogP contribution in [0.4, 0.5) is 15.8 Å². The van der Waals surface area contributed by atoms with Crippen LogP contribution in [-0.4, -0.2) is 32.7 Å². The number of nitrogens with two attached hydrogens (primary N) is 1.